The molecule has 1 aromatic rings. The van der Waals surface area contributed by atoms with Crippen LogP contribution in [0.2, 0.25) is 5.15 Å². The Morgan fingerprint density at radius 1 is 1.69 bits per heavy atom. The second-order valence-electron chi connectivity index (χ2n) is 2.51. The molecule has 1 rings (SSSR count). The van der Waals surface area contributed by atoms with E-state index in [0.29, 0.717) is 18.6 Å². The number of nitrogen functional groups attached to an aromatic ring is 1. The predicted molar refractivity (Wildman–Crippen MR) is 46.5 cm³/mol. The van der Waals surface area contributed by atoms with Crippen LogP contribution in [0.15, 0.2) is 4.42 Å². The maximum Gasteiger partial charge on any atom is 0.303 e. The number of carboxylic acids is 1. The first-order valence-electron chi connectivity index (χ1n) is 3.72. The van der Waals surface area contributed by atoms with Gasteiger partial charge < -0.3 is 15.3 Å². The van der Waals surface area contributed by atoms with Crippen LogP contribution in [0.25, 0.3) is 0 Å². The van der Waals surface area contributed by atoms with E-state index in [-0.39, 0.29) is 17.6 Å². The number of carboxylic acid groups (broad SMARTS) is 1. The lowest BCUT2D eigenvalue weighted by atomic mass is 10.2. The minimum absolute atomic E-state index is 0.00956. The lowest BCUT2D eigenvalue weighted by molar-refractivity contribution is -0.137. The number of carbonyl (C=O) groups is 1. The molecule has 0 aliphatic heterocycles. The molecule has 0 unspecified atom stereocenters. The molecule has 0 aliphatic rings. The van der Waals surface area contributed by atoms with E-state index in [4.69, 9.17) is 26.9 Å². The summed E-state index contributed by atoms with van der Waals surface area (Å²) in [6, 6.07) is 0.00956. The number of anilines is 1. The molecular formula is C7H9ClN2O3. The minimum Gasteiger partial charge on any atom is -0.481 e. The minimum atomic E-state index is -0.844. The second kappa shape index (κ2) is 4.13. The summed E-state index contributed by atoms with van der Waals surface area (Å²) in [5.41, 5.74) is 5.23. The zero-order valence-electron chi connectivity index (χ0n) is 6.79. The highest BCUT2D eigenvalue weighted by molar-refractivity contribution is 6.30. The summed E-state index contributed by atoms with van der Waals surface area (Å²) in [5.74, 6) is -0.399. The smallest absolute Gasteiger partial charge is 0.303 e. The Morgan fingerprint density at radius 3 is 2.85 bits per heavy atom. The van der Waals surface area contributed by atoms with Gasteiger partial charge in [-0.25, -0.2) is 0 Å². The Bertz CT molecular complexity index is 311. The third-order valence-corrected chi connectivity index (χ3v) is 1.76. The molecule has 72 valence electrons. The highest BCUT2D eigenvalue weighted by Crippen LogP contribution is 2.19. The van der Waals surface area contributed by atoms with Crippen LogP contribution >= 0.6 is 11.6 Å². The first-order chi connectivity index (χ1) is 6.09. The number of rotatable bonds is 4. The molecule has 1 aromatic heterocycles. The quantitative estimate of drug-likeness (QED) is 0.772. The van der Waals surface area contributed by atoms with Crippen molar-refractivity contribution in [2.75, 3.05) is 5.73 Å². The number of oxazole rings is 1. The van der Waals surface area contributed by atoms with Gasteiger partial charge in [0.1, 0.15) is 5.76 Å². The lowest BCUT2D eigenvalue weighted by Gasteiger charge is -1.93. The first-order valence-corrected chi connectivity index (χ1v) is 4.10. The van der Waals surface area contributed by atoms with Crippen LogP contribution in [0.1, 0.15) is 18.6 Å². The van der Waals surface area contributed by atoms with Gasteiger partial charge in [-0.05, 0) is 6.42 Å². The van der Waals surface area contributed by atoms with E-state index in [1.165, 1.54) is 0 Å². The third-order valence-electron chi connectivity index (χ3n) is 1.46. The second-order valence-corrected chi connectivity index (χ2v) is 2.87. The highest BCUT2D eigenvalue weighted by Gasteiger charge is 2.09. The summed E-state index contributed by atoms with van der Waals surface area (Å²) in [4.78, 5) is 13.8. The van der Waals surface area contributed by atoms with Gasteiger partial charge >= 0.3 is 5.97 Å². The molecule has 13 heavy (non-hydrogen) atoms. The largest absolute Gasteiger partial charge is 0.481 e. The van der Waals surface area contributed by atoms with Crippen molar-refractivity contribution in [2.45, 2.75) is 19.3 Å². The lowest BCUT2D eigenvalue weighted by Crippen LogP contribution is -1.95. The van der Waals surface area contributed by atoms with Crippen LogP contribution < -0.4 is 5.73 Å². The SMILES string of the molecule is Nc1nc(Cl)c(CCCC(=O)O)o1. The molecule has 0 amide bonds. The first kappa shape index (κ1) is 9.85. The zero-order chi connectivity index (χ0) is 9.84. The van der Waals surface area contributed by atoms with E-state index < -0.39 is 5.97 Å². The van der Waals surface area contributed by atoms with Crippen LogP contribution in [0.5, 0.6) is 0 Å². The number of hydrogen-bond donors (Lipinski definition) is 2. The van der Waals surface area contributed by atoms with E-state index in [9.17, 15) is 4.79 Å². The van der Waals surface area contributed by atoms with Crippen molar-refractivity contribution < 1.29 is 14.3 Å². The average Bonchev–Trinajstić information content (AvgIpc) is 2.29. The Labute approximate surface area is 79.5 Å². The van der Waals surface area contributed by atoms with E-state index in [1.807, 2.05) is 0 Å². The Balaban J connectivity index is 2.45. The van der Waals surface area contributed by atoms with Crippen LogP contribution in [0.4, 0.5) is 6.01 Å². The zero-order valence-corrected chi connectivity index (χ0v) is 7.54. The van der Waals surface area contributed by atoms with E-state index in [1.54, 1.807) is 0 Å². The molecule has 0 aliphatic carbocycles. The van der Waals surface area contributed by atoms with Gasteiger partial charge in [-0.15, -0.1) is 0 Å². The molecule has 0 saturated heterocycles. The van der Waals surface area contributed by atoms with Crippen molar-refractivity contribution in [3.8, 4) is 0 Å². The van der Waals surface area contributed by atoms with Crippen molar-refractivity contribution in [3.05, 3.63) is 10.9 Å². The Kier molecular flexibility index (Phi) is 3.13. The van der Waals surface area contributed by atoms with E-state index in [0.717, 1.165) is 0 Å². The third kappa shape index (κ3) is 2.95. The van der Waals surface area contributed by atoms with Crippen LogP contribution in [0, 0.1) is 0 Å². The van der Waals surface area contributed by atoms with Gasteiger partial charge in [-0.3, -0.25) is 4.79 Å². The van der Waals surface area contributed by atoms with Gasteiger partial charge in [-0.2, -0.15) is 4.98 Å². The van der Waals surface area contributed by atoms with Gasteiger partial charge in [-0.1, -0.05) is 11.6 Å². The molecule has 0 fully saturated rings. The summed E-state index contributed by atoms with van der Waals surface area (Å²) >= 11 is 5.63. The molecule has 6 heteroatoms. The standard InChI is InChI=1S/C7H9ClN2O3/c8-6-4(13-7(9)10-6)2-1-3-5(11)12/h1-3H2,(H2,9,10)(H,11,12). The van der Waals surface area contributed by atoms with Gasteiger partial charge in [0.15, 0.2) is 5.15 Å². The molecular weight excluding hydrogens is 196 g/mol. The average molecular weight is 205 g/mol. The summed E-state index contributed by atoms with van der Waals surface area (Å²) < 4.78 is 4.94. The van der Waals surface area contributed by atoms with Gasteiger partial charge in [0, 0.05) is 12.8 Å². The van der Waals surface area contributed by atoms with E-state index in [2.05, 4.69) is 4.98 Å². The van der Waals surface area contributed by atoms with Crippen molar-refractivity contribution in [2.24, 2.45) is 0 Å². The fraction of sp³-hybridized carbons (Fsp3) is 0.429. The van der Waals surface area contributed by atoms with Crippen molar-refractivity contribution in [3.63, 3.8) is 0 Å². The highest BCUT2D eigenvalue weighted by atomic mass is 35.5. The number of aromatic nitrogens is 1. The monoisotopic (exact) mass is 204 g/mol. The van der Waals surface area contributed by atoms with Crippen LogP contribution in [-0.4, -0.2) is 16.1 Å². The number of nitrogens with zero attached hydrogens (tertiary/aromatic N) is 1. The fourth-order valence-corrected chi connectivity index (χ4v) is 1.12. The molecule has 0 spiro atoms. The van der Waals surface area contributed by atoms with Crippen molar-refractivity contribution >= 4 is 23.6 Å². The maximum absolute atomic E-state index is 10.2. The van der Waals surface area contributed by atoms with E-state index >= 15 is 0 Å². The maximum atomic E-state index is 10.2. The summed E-state index contributed by atoms with van der Waals surface area (Å²) in [6.07, 6.45) is 0.982. The normalized spacial score (nSPS) is 10.2. The molecule has 0 radical (unpaired) electrons. The molecule has 0 atom stereocenters. The number of hydrogen-bond acceptors (Lipinski definition) is 4. The number of aliphatic carboxylic acids is 1. The molecule has 0 aromatic carbocycles. The number of halogens is 1. The molecule has 3 N–H and O–H groups in total. The molecule has 0 bridgehead atoms. The van der Waals surface area contributed by atoms with Gasteiger partial charge in [0.25, 0.3) is 6.01 Å². The van der Waals surface area contributed by atoms with Crippen LogP contribution in [0.3, 0.4) is 0 Å². The summed E-state index contributed by atoms with van der Waals surface area (Å²) in [7, 11) is 0. The molecule has 0 saturated carbocycles. The number of nitrogens with two attached hydrogens (primary N) is 1. The van der Waals surface area contributed by atoms with Gasteiger partial charge in [0.05, 0.1) is 0 Å². The summed E-state index contributed by atoms with van der Waals surface area (Å²) in [5, 5.41) is 8.57. The molecule has 1 heterocycles. The topological polar surface area (TPSA) is 89.3 Å². The predicted octanol–water partition coefficient (Wildman–Crippen LogP) is 1.32. The molecule has 5 nitrogen and oxygen atoms in total. The summed E-state index contributed by atoms with van der Waals surface area (Å²) in [6.45, 7) is 0. The Hall–Kier alpha value is -1.23. The van der Waals surface area contributed by atoms with Crippen molar-refractivity contribution in [1.29, 1.82) is 0 Å². The number of aryl methyl sites for hydroxylation is 1. The van der Waals surface area contributed by atoms with Crippen molar-refractivity contribution in [1.82, 2.24) is 4.98 Å². The Morgan fingerprint density at radius 2 is 2.38 bits per heavy atom. The fourth-order valence-electron chi connectivity index (χ4n) is 0.905. The van der Waals surface area contributed by atoms with Gasteiger partial charge in [0.2, 0.25) is 0 Å². The van der Waals surface area contributed by atoms with Crippen LogP contribution in [-0.2, 0) is 11.2 Å².